The van der Waals surface area contributed by atoms with Crippen molar-refractivity contribution in [3.8, 4) is 0 Å². The molecule has 1 amide bonds. The summed E-state index contributed by atoms with van der Waals surface area (Å²) in [6.07, 6.45) is 0. The highest BCUT2D eigenvalue weighted by Gasteiger charge is 2.10. The molecule has 2 rings (SSSR count). The Labute approximate surface area is 127 Å². The van der Waals surface area contributed by atoms with Gasteiger partial charge in [-0.25, -0.2) is 9.18 Å². The van der Waals surface area contributed by atoms with E-state index in [-0.39, 0.29) is 5.56 Å². The van der Waals surface area contributed by atoms with Gasteiger partial charge in [0.15, 0.2) is 6.61 Å². The Morgan fingerprint density at radius 2 is 1.73 bits per heavy atom. The van der Waals surface area contributed by atoms with Gasteiger partial charge in [-0.2, -0.15) is 0 Å². The Morgan fingerprint density at radius 1 is 1.05 bits per heavy atom. The van der Waals surface area contributed by atoms with Gasteiger partial charge < -0.3 is 10.1 Å². The quantitative estimate of drug-likeness (QED) is 0.882. The normalized spacial score (nSPS) is 10.1. The number of ether oxygens (including phenoxy) is 1. The van der Waals surface area contributed by atoms with Gasteiger partial charge in [-0.05, 0) is 61.4 Å². The van der Waals surface area contributed by atoms with Crippen LogP contribution in [0.25, 0.3) is 0 Å². The van der Waals surface area contributed by atoms with Crippen LogP contribution in [0.15, 0.2) is 42.5 Å². The van der Waals surface area contributed by atoms with Gasteiger partial charge in [-0.15, -0.1) is 0 Å². The van der Waals surface area contributed by atoms with Crippen LogP contribution < -0.4 is 5.32 Å². The van der Waals surface area contributed by atoms with Gasteiger partial charge in [-0.3, -0.25) is 4.79 Å². The number of amides is 1. The first kappa shape index (κ1) is 15.7. The summed E-state index contributed by atoms with van der Waals surface area (Å²) < 4.78 is 17.6. The van der Waals surface area contributed by atoms with Crippen molar-refractivity contribution in [2.45, 2.75) is 13.8 Å². The zero-order valence-electron chi connectivity index (χ0n) is 12.4. The SMILES string of the molecule is Cc1ccc(NC(=O)COC(=O)c2ccc(F)cc2)cc1C. The van der Waals surface area contributed by atoms with Crippen molar-refractivity contribution in [2.24, 2.45) is 0 Å². The molecule has 0 aliphatic carbocycles. The molecule has 4 nitrogen and oxygen atoms in total. The van der Waals surface area contributed by atoms with Crippen molar-refractivity contribution in [3.05, 3.63) is 65.0 Å². The van der Waals surface area contributed by atoms with E-state index in [0.717, 1.165) is 23.3 Å². The number of hydrogen-bond acceptors (Lipinski definition) is 3. The average molecular weight is 301 g/mol. The third-order valence-corrected chi connectivity index (χ3v) is 3.20. The molecule has 22 heavy (non-hydrogen) atoms. The summed E-state index contributed by atoms with van der Waals surface area (Å²) in [7, 11) is 0. The smallest absolute Gasteiger partial charge is 0.338 e. The van der Waals surface area contributed by atoms with Gasteiger partial charge in [-0.1, -0.05) is 6.07 Å². The van der Waals surface area contributed by atoms with Crippen molar-refractivity contribution in [3.63, 3.8) is 0 Å². The predicted molar refractivity (Wildman–Crippen MR) is 81.2 cm³/mol. The summed E-state index contributed by atoms with van der Waals surface area (Å²) in [6, 6.07) is 10.4. The summed E-state index contributed by atoms with van der Waals surface area (Å²) in [5.41, 5.74) is 3.02. The van der Waals surface area contributed by atoms with E-state index in [2.05, 4.69) is 5.32 Å². The minimum Gasteiger partial charge on any atom is -0.452 e. The van der Waals surface area contributed by atoms with Gasteiger partial charge in [0, 0.05) is 5.69 Å². The van der Waals surface area contributed by atoms with E-state index in [0.29, 0.717) is 5.69 Å². The Balaban J connectivity index is 1.88. The van der Waals surface area contributed by atoms with Crippen LogP contribution in [0.5, 0.6) is 0 Å². The Morgan fingerprint density at radius 3 is 2.36 bits per heavy atom. The molecule has 2 aromatic rings. The Kier molecular flexibility index (Phi) is 4.88. The molecule has 0 unspecified atom stereocenters. The highest BCUT2D eigenvalue weighted by atomic mass is 19.1. The zero-order valence-corrected chi connectivity index (χ0v) is 12.4. The lowest BCUT2D eigenvalue weighted by atomic mass is 10.1. The van der Waals surface area contributed by atoms with E-state index in [1.165, 1.54) is 12.1 Å². The molecule has 0 saturated heterocycles. The van der Waals surface area contributed by atoms with Gasteiger partial charge in [0.2, 0.25) is 0 Å². The lowest BCUT2D eigenvalue weighted by molar-refractivity contribution is -0.119. The molecule has 114 valence electrons. The molecule has 5 heteroatoms. The fourth-order valence-electron chi connectivity index (χ4n) is 1.82. The summed E-state index contributed by atoms with van der Waals surface area (Å²) >= 11 is 0. The number of carbonyl (C=O) groups is 2. The zero-order chi connectivity index (χ0) is 16.1. The molecule has 0 spiro atoms. The van der Waals surface area contributed by atoms with Crippen molar-refractivity contribution < 1.29 is 18.7 Å². The van der Waals surface area contributed by atoms with Gasteiger partial charge in [0.25, 0.3) is 5.91 Å². The van der Waals surface area contributed by atoms with Crippen LogP contribution in [0.3, 0.4) is 0 Å². The number of rotatable bonds is 4. The second-order valence-corrected chi connectivity index (χ2v) is 4.93. The summed E-state index contributed by atoms with van der Waals surface area (Å²) in [4.78, 5) is 23.4. The van der Waals surface area contributed by atoms with Crippen LogP contribution in [-0.4, -0.2) is 18.5 Å². The maximum atomic E-state index is 12.8. The summed E-state index contributed by atoms with van der Waals surface area (Å²) in [5, 5.41) is 2.65. The van der Waals surface area contributed by atoms with Gasteiger partial charge in [0.1, 0.15) is 5.82 Å². The second kappa shape index (κ2) is 6.85. The molecular weight excluding hydrogens is 285 g/mol. The molecule has 0 fully saturated rings. The number of benzene rings is 2. The number of nitrogens with one attached hydrogen (secondary N) is 1. The number of carbonyl (C=O) groups excluding carboxylic acids is 2. The summed E-state index contributed by atoms with van der Waals surface area (Å²) in [6.45, 7) is 3.52. The van der Waals surface area contributed by atoms with E-state index >= 15 is 0 Å². The lowest BCUT2D eigenvalue weighted by Crippen LogP contribution is -2.21. The fourth-order valence-corrected chi connectivity index (χ4v) is 1.82. The topological polar surface area (TPSA) is 55.4 Å². The molecule has 0 saturated carbocycles. The maximum Gasteiger partial charge on any atom is 0.338 e. The standard InChI is InChI=1S/C17H16FNO3/c1-11-3-8-15(9-12(11)2)19-16(20)10-22-17(21)13-4-6-14(18)7-5-13/h3-9H,10H2,1-2H3,(H,19,20). The number of esters is 1. The van der Waals surface area contributed by atoms with Crippen molar-refractivity contribution in [1.29, 1.82) is 0 Å². The van der Waals surface area contributed by atoms with Crippen molar-refractivity contribution in [1.82, 2.24) is 0 Å². The van der Waals surface area contributed by atoms with Crippen LogP contribution in [0, 0.1) is 19.7 Å². The van der Waals surface area contributed by atoms with Crippen LogP contribution in [0.2, 0.25) is 0 Å². The van der Waals surface area contributed by atoms with E-state index in [1.54, 1.807) is 6.07 Å². The van der Waals surface area contributed by atoms with Gasteiger partial charge >= 0.3 is 5.97 Å². The molecule has 0 heterocycles. The molecule has 0 aliphatic rings. The third-order valence-electron chi connectivity index (χ3n) is 3.20. The Bertz CT molecular complexity index is 696. The highest BCUT2D eigenvalue weighted by Crippen LogP contribution is 2.14. The van der Waals surface area contributed by atoms with E-state index < -0.39 is 24.3 Å². The lowest BCUT2D eigenvalue weighted by Gasteiger charge is -2.08. The number of hydrogen-bond donors (Lipinski definition) is 1. The monoisotopic (exact) mass is 301 g/mol. The van der Waals surface area contributed by atoms with Crippen LogP contribution in [0.1, 0.15) is 21.5 Å². The van der Waals surface area contributed by atoms with Crippen LogP contribution in [-0.2, 0) is 9.53 Å². The third kappa shape index (κ3) is 4.15. The molecule has 0 bridgehead atoms. The van der Waals surface area contributed by atoms with E-state index in [9.17, 15) is 14.0 Å². The van der Waals surface area contributed by atoms with E-state index in [1.807, 2.05) is 26.0 Å². The first-order chi connectivity index (χ1) is 10.5. The molecule has 1 N–H and O–H groups in total. The maximum absolute atomic E-state index is 12.8. The fraction of sp³-hybridized carbons (Fsp3) is 0.176. The second-order valence-electron chi connectivity index (χ2n) is 4.93. The summed E-state index contributed by atoms with van der Waals surface area (Å²) in [5.74, 6) is -1.54. The van der Waals surface area contributed by atoms with Crippen LogP contribution >= 0.6 is 0 Å². The minimum atomic E-state index is -0.671. The Hall–Kier alpha value is -2.69. The molecule has 0 atom stereocenters. The molecule has 0 aromatic heterocycles. The largest absolute Gasteiger partial charge is 0.452 e. The predicted octanol–water partition coefficient (Wildman–Crippen LogP) is 3.24. The highest BCUT2D eigenvalue weighted by molar-refractivity contribution is 5.95. The van der Waals surface area contributed by atoms with Crippen molar-refractivity contribution in [2.75, 3.05) is 11.9 Å². The molecule has 2 aromatic carbocycles. The average Bonchev–Trinajstić information content (AvgIpc) is 2.49. The molecular formula is C17H16FNO3. The van der Waals surface area contributed by atoms with Crippen LogP contribution in [0.4, 0.5) is 10.1 Å². The number of aryl methyl sites for hydroxylation is 2. The minimum absolute atomic E-state index is 0.195. The molecule has 0 radical (unpaired) electrons. The number of halogens is 1. The molecule has 0 aliphatic heterocycles. The van der Waals surface area contributed by atoms with Crippen molar-refractivity contribution >= 4 is 17.6 Å². The first-order valence-corrected chi connectivity index (χ1v) is 6.75. The van der Waals surface area contributed by atoms with E-state index in [4.69, 9.17) is 4.74 Å². The first-order valence-electron chi connectivity index (χ1n) is 6.75. The number of anilines is 1. The van der Waals surface area contributed by atoms with Gasteiger partial charge in [0.05, 0.1) is 5.56 Å².